The second-order valence-corrected chi connectivity index (χ2v) is 11.3. The number of nitrogens with one attached hydrogen (secondary N) is 1. The molecule has 0 aromatic heterocycles. The molecule has 6 nitrogen and oxygen atoms in total. The smallest absolute Gasteiger partial charge is 0.387 e. The number of aliphatic hydroxyl groups excluding tert-OH is 1. The van der Waals surface area contributed by atoms with E-state index in [2.05, 4.69) is 27.2 Å². The Balaban J connectivity index is 1.62. The van der Waals surface area contributed by atoms with Crippen molar-refractivity contribution < 1.29 is 46.4 Å². The lowest BCUT2D eigenvalue weighted by molar-refractivity contribution is -0.290. The van der Waals surface area contributed by atoms with Crippen LogP contribution >= 0.6 is 0 Å². The normalized spacial score (nSPS) is 15.1. The highest BCUT2D eigenvalue weighted by molar-refractivity contribution is 5.79. The number of aliphatic hydroxyl groups is 1. The molecule has 1 aliphatic rings. The van der Waals surface area contributed by atoms with E-state index in [0.29, 0.717) is 5.92 Å². The Morgan fingerprint density at radius 3 is 2.13 bits per heavy atom. The molecule has 0 spiro atoms. The molecule has 3 rings (SSSR count). The minimum Gasteiger partial charge on any atom is -0.387 e. The second kappa shape index (κ2) is 11.6. The van der Waals surface area contributed by atoms with Crippen LogP contribution in [0, 0.1) is 23.0 Å². The number of halogens is 5. The SMILES string of the molecule is CC(C)(CC1Cc2ccccc2C1)NC[C@@H](O)c1cc(CC(C)(C)C(=O)OOC(=O)C(F)(F)F)cc(F)c1F. The number of β-amino-alcohol motifs (C(OH)–C–C–N with tert-alkyl or cyclic N) is 1. The van der Waals surface area contributed by atoms with Gasteiger partial charge in [-0.1, -0.05) is 24.3 Å². The van der Waals surface area contributed by atoms with Crippen molar-refractivity contribution in [3.05, 3.63) is 70.3 Å². The van der Waals surface area contributed by atoms with Crippen molar-refractivity contribution in [3.63, 3.8) is 0 Å². The molecule has 2 aromatic rings. The number of carbonyl (C=O) groups excluding carboxylic acids is 2. The van der Waals surface area contributed by atoms with Crippen LogP contribution in [0.15, 0.2) is 36.4 Å². The Morgan fingerprint density at radius 1 is 1.00 bits per heavy atom. The van der Waals surface area contributed by atoms with Gasteiger partial charge in [-0.25, -0.2) is 28.1 Å². The summed E-state index contributed by atoms with van der Waals surface area (Å²) in [6, 6.07) is 10.2. The van der Waals surface area contributed by atoms with Gasteiger partial charge >= 0.3 is 18.1 Å². The highest BCUT2D eigenvalue weighted by Crippen LogP contribution is 2.33. The molecule has 2 N–H and O–H groups in total. The van der Waals surface area contributed by atoms with Crippen molar-refractivity contribution >= 4 is 11.9 Å². The van der Waals surface area contributed by atoms with E-state index < -0.39 is 46.8 Å². The van der Waals surface area contributed by atoms with Crippen molar-refractivity contribution in [3.8, 4) is 0 Å². The third-order valence-corrected chi connectivity index (χ3v) is 6.81. The molecule has 0 fully saturated rings. The maximum absolute atomic E-state index is 14.6. The summed E-state index contributed by atoms with van der Waals surface area (Å²) >= 11 is 0. The number of hydrogen-bond acceptors (Lipinski definition) is 6. The molecule has 0 amide bonds. The fourth-order valence-electron chi connectivity index (χ4n) is 4.90. The standard InChI is InChI=1S/C28H32F5NO5/c1-26(2,24(36)38-39-25(37)28(31,32)33)13-17-11-20(23(30)21(29)12-17)22(35)15-34-27(3,4)14-16-9-18-7-5-6-8-19(18)10-16/h5-8,11-12,16,22,34-35H,9-10,13-15H2,1-4H3/t22-/m1/s1. The van der Waals surface area contributed by atoms with E-state index in [0.717, 1.165) is 25.3 Å². The molecule has 0 saturated heterocycles. The summed E-state index contributed by atoms with van der Waals surface area (Å²) in [5.41, 5.74) is 0.373. The van der Waals surface area contributed by atoms with Crippen LogP contribution < -0.4 is 5.32 Å². The molecule has 0 radical (unpaired) electrons. The monoisotopic (exact) mass is 557 g/mol. The maximum atomic E-state index is 14.6. The highest BCUT2D eigenvalue weighted by Gasteiger charge is 2.44. The van der Waals surface area contributed by atoms with E-state index in [1.165, 1.54) is 31.0 Å². The average Bonchev–Trinajstić information content (AvgIpc) is 3.23. The zero-order chi connectivity index (χ0) is 29.2. The first-order chi connectivity index (χ1) is 18.0. The molecule has 0 aliphatic heterocycles. The molecular weight excluding hydrogens is 525 g/mol. The number of alkyl halides is 3. The number of fused-ring (bicyclic) bond motifs is 1. The summed E-state index contributed by atoms with van der Waals surface area (Å²) in [5.74, 6) is -6.16. The van der Waals surface area contributed by atoms with Gasteiger partial charge in [0, 0.05) is 17.6 Å². The Labute approximate surface area is 223 Å². The van der Waals surface area contributed by atoms with Gasteiger partial charge < -0.3 is 10.4 Å². The van der Waals surface area contributed by atoms with Crippen LogP contribution in [0.3, 0.4) is 0 Å². The van der Waals surface area contributed by atoms with Gasteiger partial charge in [0.1, 0.15) is 0 Å². The molecule has 214 valence electrons. The molecule has 0 heterocycles. The molecular formula is C28H32F5NO5. The summed E-state index contributed by atoms with van der Waals surface area (Å²) in [4.78, 5) is 30.5. The predicted octanol–water partition coefficient (Wildman–Crippen LogP) is 5.30. The van der Waals surface area contributed by atoms with E-state index in [9.17, 15) is 36.6 Å². The van der Waals surface area contributed by atoms with Crippen LogP contribution in [0.25, 0.3) is 0 Å². The topological polar surface area (TPSA) is 84.9 Å². The van der Waals surface area contributed by atoms with Crippen molar-refractivity contribution in [1.29, 1.82) is 0 Å². The van der Waals surface area contributed by atoms with Crippen LogP contribution in [0.4, 0.5) is 22.0 Å². The van der Waals surface area contributed by atoms with Gasteiger partial charge in [-0.05, 0) is 88.1 Å². The zero-order valence-corrected chi connectivity index (χ0v) is 22.1. The van der Waals surface area contributed by atoms with Gasteiger partial charge in [0.25, 0.3) is 0 Å². The Kier molecular flexibility index (Phi) is 9.06. The minimum absolute atomic E-state index is 0.0781. The number of benzene rings is 2. The maximum Gasteiger partial charge on any atom is 0.495 e. The molecule has 1 aliphatic carbocycles. The van der Waals surface area contributed by atoms with Gasteiger partial charge in [0.05, 0.1) is 11.5 Å². The van der Waals surface area contributed by atoms with E-state index in [-0.39, 0.29) is 24.1 Å². The third-order valence-electron chi connectivity index (χ3n) is 6.81. The lowest BCUT2D eigenvalue weighted by Crippen LogP contribution is -2.43. The molecule has 39 heavy (non-hydrogen) atoms. The van der Waals surface area contributed by atoms with Crippen LogP contribution in [0.5, 0.6) is 0 Å². The van der Waals surface area contributed by atoms with Crippen molar-refractivity contribution in [2.45, 2.75) is 71.2 Å². The lowest BCUT2D eigenvalue weighted by atomic mass is 9.85. The summed E-state index contributed by atoms with van der Waals surface area (Å²) < 4.78 is 65.8. The second-order valence-electron chi connectivity index (χ2n) is 11.3. The Hall–Kier alpha value is -3.05. The lowest BCUT2D eigenvalue weighted by Gasteiger charge is -2.31. The first kappa shape index (κ1) is 30.5. The van der Waals surface area contributed by atoms with Crippen molar-refractivity contribution in [2.24, 2.45) is 11.3 Å². The number of hydrogen-bond donors (Lipinski definition) is 2. The van der Waals surface area contributed by atoms with Gasteiger partial charge in [0.15, 0.2) is 11.6 Å². The first-order valence-corrected chi connectivity index (χ1v) is 12.5. The molecule has 0 unspecified atom stereocenters. The summed E-state index contributed by atoms with van der Waals surface area (Å²) in [6.45, 7) is 6.38. The summed E-state index contributed by atoms with van der Waals surface area (Å²) in [7, 11) is 0. The first-order valence-electron chi connectivity index (χ1n) is 12.5. The Morgan fingerprint density at radius 2 is 1.56 bits per heavy atom. The third kappa shape index (κ3) is 7.98. The molecule has 2 aromatic carbocycles. The number of carbonyl (C=O) groups is 2. The van der Waals surface area contributed by atoms with E-state index in [4.69, 9.17) is 0 Å². The molecule has 1 atom stereocenters. The number of rotatable bonds is 9. The van der Waals surface area contributed by atoms with Gasteiger partial charge in [-0.2, -0.15) is 13.2 Å². The molecule has 0 saturated carbocycles. The van der Waals surface area contributed by atoms with E-state index >= 15 is 0 Å². The van der Waals surface area contributed by atoms with E-state index in [1.807, 2.05) is 26.0 Å². The minimum atomic E-state index is -5.36. The predicted molar refractivity (Wildman–Crippen MR) is 131 cm³/mol. The highest BCUT2D eigenvalue weighted by atomic mass is 19.4. The van der Waals surface area contributed by atoms with E-state index in [1.54, 1.807) is 0 Å². The van der Waals surface area contributed by atoms with Crippen molar-refractivity contribution in [1.82, 2.24) is 5.32 Å². The average molecular weight is 558 g/mol. The molecule has 0 bridgehead atoms. The molecule has 11 heteroatoms. The van der Waals surface area contributed by atoms with Crippen LogP contribution in [-0.4, -0.2) is 35.3 Å². The van der Waals surface area contributed by atoms with Gasteiger partial charge in [-0.15, -0.1) is 0 Å². The summed E-state index contributed by atoms with van der Waals surface area (Å²) in [5, 5.41) is 14.0. The fourth-order valence-corrected chi connectivity index (χ4v) is 4.90. The fraction of sp³-hybridized carbons (Fsp3) is 0.500. The largest absolute Gasteiger partial charge is 0.495 e. The van der Waals surface area contributed by atoms with Gasteiger partial charge in [0.2, 0.25) is 0 Å². The van der Waals surface area contributed by atoms with Crippen LogP contribution in [0.1, 0.15) is 62.5 Å². The van der Waals surface area contributed by atoms with Crippen LogP contribution in [-0.2, 0) is 38.6 Å². The van der Waals surface area contributed by atoms with Crippen LogP contribution in [0.2, 0.25) is 0 Å². The van der Waals surface area contributed by atoms with Gasteiger partial charge in [-0.3, -0.25) is 0 Å². The Bertz CT molecular complexity index is 1190. The summed E-state index contributed by atoms with van der Waals surface area (Å²) in [6.07, 6.45) is -4.42. The van der Waals surface area contributed by atoms with Crippen molar-refractivity contribution in [2.75, 3.05) is 6.54 Å². The zero-order valence-electron chi connectivity index (χ0n) is 22.1. The quantitative estimate of drug-likeness (QED) is 0.247.